The van der Waals surface area contributed by atoms with Crippen LogP contribution in [0.5, 0.6) is 0 Å². The molecule has 0 bridgehead atoms. The minimum atomic E-state index is -4.56. The lowest BCUT2D eigenvalue weighted by atomic mass is 10.1. The molecule has 0 atom stereocenters. The van der Waals surface area contributed by atoms with Crippen molar-refractivity contribution in [2.24, 2.45) is 0 Å². The van der Waals surface area contributed by atoms with E-state index in [2.05, 4.69) is 10.6 Å². The minimum Gasteiger partial charge on any atom is -0.325 e. The average Bonchev–Trinajstić information content (AvgIpc) is 2.54. The Morgan fingerprint density at radius 1 is 0.885 bits per heavy atom. The highest BCUT2D eigenvalue weighted by Gasteiger charge is 2.33. The summed E-state index contributed by atoms with van der Waals surface area (Å²) < 4.78 is 38.8. The Kier molecular flexibility index (Phi) is 6.35. The van der Waals surface area contributed by atoms with Crippen LogP contribution in [0.3, 0.4) is 0 Å². The molecule has 5 nitrogen and oxygen atoms in total. The van der Waals surface area contributed by atoms with Crippen LogP contribution in [-0.4, -0.2) is 36.9 Å². The van der Waals surface area contributed by atoms with Crippen molar-refractivity contribution in [3.05, 3.63) is 60.2 Å². The summed E-state index contributed by atoms with van der Waals surface area (Å²) >= 11 is 0. The molecule has 0 aliphatic rings. The Morgan fingerprint density at radius 3 is 2.04 bits per heavy atom. The van der Waals surface area contributed by atoms with Crippen LogP contribution in [-0.2, 0) is 15.8 Å². The fourth-order valence-electron chi connectivity index (χ4n) is 2.30. The molecule has 0 spiro atoms. The number of likely N-dealkylation sites (N-methyl/N-ethyl adjacent to an activating group) is 1. The number of hydrogen-bond acceptors (Lipinski definition) is 3. The van der Waals surface area contributed by atoms with Crippen LogP contribution in [0.2, 0.25) is 0 Å². The second-order valence-corrected chi connectivity index (χ2v) is 5.68. The maximum atomic E-state index is 12.9. The van der Waals surface area contributed by atoms with E-state index in [-0.39, 0.29) is 24.7 Å². The highest BCUT2D eigenvalue weighted by Crippen LogP contribution is 2.34. The van der Waals surface area contributed by atoms with Gasteiger partial charge in [-0.2, -0.15) is 13.2 Å². The Balaban J connectivity index is 1.89. The second-order valence-electron chi connectivity index (χ2n) is 5.68. The molecule has 0 saturated carbocycles. The van der Waals surface area contributed by atoms with Crippen LogP contribution in [0.1, 0.15) is 5.56 Å². The van der Waals surface area contributed by atoms with Gasteiger partial charge in [0.05, 0.1) is 24.3 Å². The lowest BCUT2D eigenvalue weighted by Crippen LogP contribution is -2.36. The predicted octanol–water partition coefficient (Wildman–Crippen LogP) is 3.21. The Hall–Kier alpha value is -2.87. The van der Waals surface area contributed by atoms with E-state index < -0.39 is 17.6 Å². The molecule has 0 unspecified atom stereocenters. The van der Waals surface area contributed by atoms with Gasteiger partial charge in [0.15, 0.2) is 0 Å². The number of nitrogens with zero attached hydrogens (tertiary/aromatic N) is 1. The summed E-state index contributed by atoms with van der Waals surface area (Å²) in [4.78, 5) is 25.3. The van der Waals surface area contributed by atoms with Gasteiger partial charge in [-0.05, 0) is 31.3 Å². The van der Waals surface area contributed by atoms with E-state index in [9.17, 15) is 22.8 Å². The topological polar surface area (TPSA) is 61.4 Å². The number of hydrogen-bond donors (Lipinski definition) is 2. The summed E-state index contributed by atoms with van der Waals surface area (Å²) in [6, 6.07) is 13.5. The number of nitrogens with one attached hydrogen (secondary N) is 2. The molecule has 0 aliphatic heterocycles. The van der Waals surface area contributed by atoms with Gasteiger partial charge >= 0.3 is 6.18 Å². The number of halogens is 3. The fourth-order valence-corrected chi connectivity index (χ4v) is 2.30. The van der Waals surface area contributed by atoms with Crippen molar-refractivity contribution >= 4 is 23.2 Å². The van der Waals surface area contributed by atoms with E-state index in [1.54, 1.807) is 24.3 Å². The van der Waals surface area contributed by atoms with Gasteiger partial charge in [0.25, 0.3) is 0 Å². The smallest absolute Gasteiger partial charge is 0.325 e. The fraction of sp³-hybridized carbons (Fsp3) is 0.222. The van der Waals surface area contributed by atoms with Gasteiger partial charge < -0.3 is 10.6 Å². The molecule has 8 heteroatoms. The molecule has 26 heavy (non-hydrogen) atoms. The first kappa shape index (κ1) is 19.5. The number of carbonyl (C=O) groups is 2. The van der Waals surface area contributed by atoms with E-state index >= 15 is 0 Å². The summed E-state index contributed by atoms with van der Waals surface area (Å²) in [5.41, 5.74) is -0.612. The first-order valence-corrected chi connectivity index (χ1v) is 7.75. The summed E-state index contributed by atoms with van der Waals surface area (Å²) in [5.74, 6) is -0.973. The molecule has 0 aromatic heterocycles. The molecule has 0 saturated heterocycles. The van der Waals surface area contributed by atoms with Crippen LogP contribution in [0.15, 0.2) is 54.6 Å². The van der Waals surface area contributed by atoms with Crippen molar-refractivity contribution in [2.75, 3.05) is 30.8 Å². The highest BCUT2D eigenvalue weighted by molar-refractivity contribution is 5.95. The third-order valence-electron chi connectivity index (χ3n) is 3.39. The van der Waals surface area contributed by atoms with Gasteiger partial charge in [-0.1, -0.05) is 30.3 Å². The third-order valence-corrected chi connectivity index (χ3v) is 3.39. The molecular formula is C18H18F3N3O2. The Morgan fingerprint density at radius 2 is 1.42 bits per heavy atom. The first-order chi connectivity index (χ1) is 12.3. The zero-order valence-electron chi connectivity index (χ0n) is 14.0. The minimum absolute atomic E-state index is 0.0801. The second kappa shape index (κ2) is 8.48. The number of anilines is 2. The van der Waals surface area contributed by atoms with Crippen molar-refractivity contribution in [1.82, 2.24) is 4.90 Å². The van der Waals surface area contributed by atoms with E-state index in [1.165, 1.54) is 30.1 Å². The molecule has 2 amide bonds. The SMILES string of the molecule is CN(CC(=O)Nc1ccccc1)CC(=O)Nc1ccccc1C(F)(F)F. The molecule has 2 aromatic carbocycles. The van der Waals surface area contributed by atoms with Crippen LogP contribution in [0, 0.1) is 0 Å². The van der Waals surface area contributed by atoms with E-state index in [1.807, 2.05) is 6.07 Å². The Bertz CT molecular complexity index is 764. The quantitative estimate of drug-likeness (QED) is 0.826. The number of para-hydroxylation sites is 2. The van der Waals surface area contributed by atoms with Gasteiger partial charge in [-0.25, -0.2) is 0 Å². The van der Waals surface area contributed by atoms with E-state index in [4.69, 9.17) is 0 Å². The van der Waals surface area contributed by atoms with Crippen molar-refractivity contribution in [3.8, 4) is 0 Å². The zero-order valence-corrected chi connectivity index (χ0v) is 14.0. The van der Waals surface area contributed by atoms with Crippen LogP contribution in [0.25, 0.3) is 0 Å². The van der Waals surface area contributed by atoms with Crippen LogP contribution in [0.4, 0.5) is 24.5 Å². The number of rotatable bonds is 6. The number of benzene rings is 2. The van der Waals surface area contributed by atoms with Gasteiger partial charge in [0, 0.05) is 5.69 Å². The van der Waals surface area contributed by atoms with Crippen molar-refractivity contribution in [2.45, 2.75) is 6.18 Å². The molecule has 0 radical (unpaired) electrons. The third kappa shape index (κ3) is 5.89. The number of alkyl halides is 3. The molecule has 138 valence electrons. The summed E-state index contributed by atoms with van der Waals surface area (Å²) in [7, 11) is 1.53. The Labute approximate surface area is 148 Å². The van der Waals surface area contributed by atoms with Gasteiger partial charge in [-0.3, -0.25) is 14.5 Å². The van der Waals surface area contributed by atoms with E-state index in [0.717, 1.165) is 6.07 Å². The van der Waals surface area contributed by atoms with Crippen molar-refractivity contribution in [3.63, 3.8) is 0 Å². The summed E-state index contributed by atoms with van der Waals surface area (Å²) in [5, 5.41) is 4.90. The molecule has 2 rings (SSSR count). The number of carbonyl (C=O) groups excluding carboxylic acids is 2. The van der Waals surface area contributed by atoms with Gasteiger partial charge in [0.2, 0.25) is 11.8 Å². The molecule has 2 N–H and O–H groups in total. The standard InChI is InChI=1S/C18H18F3N3O2/c1-24(11-16(25)22-13-7-3-2-4-8-13)12-17(26)23-15-10-6-5-9-14(15)18(19,20)21/h2-10H,11-12H2,1H3,(H,22,25)(H,23,26). The van der Waals surface area contributed by atoms with Crippen LogP contribution < -0.4 is 10.6 Å². The van der Waals surface area contributed by atoms with Gasteiger partial charge in [0.1, 0.15) is 0 Å². The van der Waals surface area contributed by atoms with Gasteiger partial charge in [-0.15, -0.1) is 0 Å². The normalized spacial score (nSPS) is 11.3. The maximum absolute atomic E-state index is 12.9. The number of amides is 2. The largest absolute Gasteiger partial charge is 0.418 e. The highest BCUT2D eigenvalue weighted by atomic mass is 19.4. The van der Waals surface area contributed by atoms with Crippen LogP contribution >= 0.6 is 0 Å². The zero-order chi connectivity index (χ0) is 19.2. The lowest BCUT2D eigenvalue weighted by Gasteiger charge is -2.17. The lowest BCUT2D eigenvalue weighted by molar-refractivity contribution is -0.137. The van der Waals surface area contributed by atoms with Crippen molar-refractivity contribution in [1.29, 1.82) is 0 Å². The summed E-state index contributed by atoms with van der Waals surface area (Å²) in [6.07, 6.45) is -4.56. The monoisotopic (exact) mass is 365 g/mol. The maximum Gasteiger partial charge on any atom is 0.418 e. The average molecular weight is 365 g/mol. The van der Waals surface area contributed by atoms with Crippen molar-refractivity contribution < 1.29 is 22.8 Å². The molecule has 0 heterocycles. The molecule has 0 fully saturated rings. The molecular weight excluding hydrogens is 347 g/mol. The van der Waals surface area contributed by atoms with E-state index in [0.29, 0.717) is 5.69 Å². The predicted molar refractivity (Wildman–Crippen MR) is 92.6 cm³/mol. The molecule has 2 aromatic rings. The summed E-state index contributed by atoms with van der Waals surface area (Å²) in [6.45, 7) is -0.308. The molecule has 0 aliphatic carbocycles. The first-order valence-electron chi connectivity index (χ1n) is 7.75.